The zero-order valence-electron chi connectivity index (χ0n) is 20.4. The molecule has 0 spiro atoms. The summed E-state index contributed by atoms with van der Waals surface area (Å²) in [6.07, 6.45) is 12.5. The van der Waals surface area contributed by atoms with Gasteiger partial charge in [-0.1, -0.05) is 44.8 Å². The molecule has 186 valence electrons. The number of hydrogen-bond donors (Lipinski definition) is 2. The van der Waals surface area contributed by atoms with Crippen LogP contribution in [-0.2, 0) is 19.1 Å². The predicted octanol–water partition coefficient (Wildman–Crippen LogP) is 3.50. The van der Waals surface area contributed by atoms with Crippen LogP contribution in [0.2, 0.25) is 0 Å². The number of ether oxygens (including phenoxy) is 2. The average molecular weight is 471 g/mol. The van der Waals surface area contributed by atoms with Crippen molar-refractivity contribution in [1.29, 1.82) is 0 Å². The monoisotopic (exact) mass is 470 g/mol. The van der Waals surface area contributed by atoms with Gasteiger partial charge in [-0.05, 0) is 62.5 Å². The number of hydrogen-bond acceptors (Lipinski definition) is 6. The molecule has 0 bridgehead atoms. The van der Waals surface area contributed by atoms with Crippen molar-refractivity contribution in [1.82, 2.24) is 0 Å². The molecule has 6 aliphatic rings. The molecule has 0 unspecified atom stereocenters. The highest BCUT2D eigenvalue weighted by molar-refractivity contribution is 6.01. The quantitative estimate of drug-likeness (QED) is 0.656. The number of carbonyl (C=O) groups is 2. The summed E-state index contributed by atoms with van der Waals surface area (Å²) in [7, 11) is 0. The van der Waals surface area contributed by atoms with E-state index >= 15 is 0 Å². The molecule has 6 nitrogen and oxygen atoms in total. The minimum atomic E-state index is -1.20. The van der Waals surface area contributed by atoms with Crippen molar-refractivity contribution in [3.05, 3.63) is 23.8 Å². The molecule has 0 aromatic carbocycles. The first-order chi connectivity index (χ1) is 16.2. The Balaban J connectivity index is 1.37. The van der Waals surface area contributed by atoms with Crippen LogP contribution in [-0.4, -0.2) is 52.5 Å². The number of carbonyl (C=O) groups excluding carboxylic acids is 2. The molecule has 34 heavy (non-hydrogen) atoms. The van der Waals surface area contributed by atoms with E-state index in [0.717, 1.165) is 50.5 Å². The van der Waals surface area contributed by atoms with E-state index in [1.807, 2.05) is 6.08 Å². The van der Waals surface area contributed by atoms with Gasteiger partial charge in [0.05, 0.1) is 12.2 Å². The fourth-order valence-corrected chi connectivity index (χ4v) is 9.33. The van der Waals surface area contributed by atoms with Gasteiger partial charge in [0.25, 0.3) is 0 Å². The summed E-state index contributed by atoms with van der Waals surface area (Å²) in [5.74, 6) is 0.360. The van der Waals surface area contributed by atoms with E-state index < -0.39 is 30.0 Å². The first-order valence-corrected chi connectivity index (χ1v) is 13.3. The van der Waals surface area contributed by atoms with Crippen molar-refractivity contribution in [2.24, 2.45) is 34.5 Å². The summed E-state index contributed by atoms with van der Waals surface area (Å²) in [6, 6.07) is 0. The van der Waals surface area contributed by atoms with Crippen LogP contribution in [0.15, 0.2) is 23.8 Å². The molecule has 4 saturated carbocycles. The lowest BCUT2D eigenvalue weighted by Crippen LogP contribution is -2.63. The van der Waals surface area contributed by atoms with Crippen LogP contribution in [0.3, 0.4) is 0 Å². The van der Waals surface area contributed by atoms with Crippen LogP contribution >= 0.6 is 0 Å². The predicted molar refractivity (Wildman–Crippen MR) is 125 cm³/mol. The molecule has 1 saturated heterocycles. The highest BCUT2D eigenvalue weighted by Crippen LogP contribution is 2.70. The fraction of sp³-hybridized carbons (Fsp3) is 0.786. The van der Waals surface area contributed by atoms with E-state index in [9.17, 15) is 19.8 Å². The largest absolute Gasteiger partial charge is 0.393 e. The van der Waals surface area contributed by atoms with E-state index in [2.05, 4.69) is 13.8 Å². The van der Waals surface area contributed by atoms with Crippen LogP contribution in [0.25, 0.3) is 0 Å². The van der Waals surface area contributed by atoms with Gasteiger partial charge in [-0.3, -0.25) is 9.59 Å². The number of rotatable bonds is 3. The highest BCUT2D eigenvalue weighted by Gasteiger charge is 2.76. The van der Waals surface area contributed by atoms with Gasteiger partial charge in [-0.25, -0.2) is 0 Å². The van der Waals surface area contributed by atoms with Gasteiger partial charge in [-0.2, -0.15) is 0 Å². The first kappa shape index (κ1) is 23.1. The smallest absolute Gasteiger partial charge is 0.193 e. The third-order valence-corrected chi connectivity index (χ3v) is 10.8. The van der Waals surface area contributed by atoms with Crippen molar-refractivity contribution >= 4 is 11.6 Å². The van der Waals surface area contributed by atoms with Crippen molar-refractivity contribution in [3.63, 3.8) is 0 Å². The molecule has 0 aromatic heterocycles. The van der Waals surface area contributed by atoms with E-state index in [1.165, 1.54) is 6.42 Å². The van der Waals surface area contributed by atoms with Crippen molar-refractivity contribution in [2.75, 3.05) is 6.61 Å². The molecular weight excluding hydrogens is 432 g/mol. The lowest BCUT2D eigenvalue weighted by molar-refractivity contribution is -0.209. The van der Waals surface area contributed by atoms with Gasteiger partial charge in [0.1, 0.15) is 6.61 Å². The van der Waals surface area contributed by atoms with Gasteiger partial charge in [0.2, 0.25) is 0 Å². The second kappa shape index (κ2) is 7.83. The van der Waals surface area contributed by atoms with Crippen LogP contribution in [0.4, 0.5) is 0 Å². The summed E-state index contributed by atoms with van der Waals surface area (Å²) in [6.45, 7) is 3.69. The van der Waals surface area contributed by atoms with Crippen LogP contribution in [0, 0.1) is 34.5 Å². The molecule has 2 N–H and O–H groups in total. The second-order valence-electron chi connectivity index (χ2n) is 12.3. The van der Waals surface area contributed by atoms with E-state index in [0.29, 0.717) is 6.42 Å². The van der Waals surface area contributed by atoms with E-state index in [1.54, 1.807) is 12.2 Å². The highest BCUT2D eigenvalue weighted by atomic mass is 16.7. The molecule has 0 amide bonds. The Kier molecular flexibility index (Phi) is 5.31. The number of allylic oxidation sites excluding steroid dienone is 4. The Morgan fingerprint density at radius 1 is 1.18 bits per heavy atom. The first-order valence-electron chi connectivity index (χ1n) is 13.3. The zero-order chi connectivity index (χ0) is 23.9. The van der Waals surface area contributed by atoms with E-state index in [4.69, 9.17) is 9.47 Å². The average Bonchev–Trinajstić information content (AvgIpc) is 3.32. The van der Waals surface area contributed by atoms with Crippen LogP contribution in [0.5, 0.6) is 0 Å². The van der Waals surface area contributed by atoms with Crippen molar-refractivity contribution < 1.29 is 29.3 Å². The molecule has 5 fully saturated rings. The Morgan fingerprint density at radius 2 is 1.94 bits per heavy atom. The molecule has 1 heterocycles. The van der Waals surface area contributed by atoms with Gasteiger partial charge < -0.3 is 19.7 Å². The number of Topliss-reactive ketones (excluding diaryl/α,β-unsaturated/α-hetero) is 1. The molecular formula is C28H38O6. The summed E-state index contributed by atoms with van der Waals surface area (Å²) < 4.78 is 13.3. The second-order valence-corrected chi connectivity index (χ2v) is 12.3. The fourth-order valence-electron chi connectivity index (χ4n) is 9.33. The Labute approximate surface area is 201 Å². The molecule has 9 atom stereocenters. The Bertz CT molecular complexity index is 949. The van der Waals surface area contributed by atoms with Crippen LogP contribution in [0.1, 0.15) is 71.6 Å². The van der Waals surface area contributed by atoms with Crippen molar-refractivity contribution in [2.45, 2.75) is 95.7 Å². The Morgan fingerprint density at radius 3 is 2.68 bits per heavy atom. The maximum atomic E-state index is 13.5. The van der Waals surface area contributed by atoms with Crippen molar-refractivity contribution in [3.8, 4) is 0 Å². The summed E-state index contributed by atoms with van der Waals surface area (Å²) >= 11 is 0. The minimum Gasteiger partial charge on any atom is -0.393 e. The standard InChI is InChI=1S/C28H38O6/c1-26-11-10-18(30)12-17(26)8-9-19-20-13-23-28(22(32)15-29,27(20,2)14-21(31)24(19)26)34-25(33-23)16-6-4-3-5-7-16/h10-12,16,19-21,23-25,29,31H,3-9,13-15H2,1-2H3/t19-,20-,21-,23+,24-,25-,26-,27-,28+/m0/s1. The molecule has 6 heteroatoms. The topological polar surface area (TPSA) is 93.1 Å². The van der Waals surface area contributed by atoms with Crippen LogP contribution < -0.4 is 0 Å². The van der Waals surface area contributed by atoms with E-state index in [-0.39, 0.29) is 46.8 Å². The summed E-state index contributed by atoms with van der Waals surface area (Å²) in [4.78, 5) is 25.6. The van der Waals surface area contributed by atoms with Gasteiger partial charge in [-0.15, -0.1) is 0 Å². The SMILES string of the molecule is C[C@]12C=CC(=O)C=C1CC[C@@H]1[C@H]2[C@@H](O)C[C@@]2(C)[C@H]1C[C@H]1O[C@H](C3CCCCC3)O[C@]12C(=O)CO. The number of fused-ring (bicyclic) bond motifs is 7. The molecule has 5 aliphatic carbocycles. The third kappa shape index (κ3) is 2.89. The van der Waals surface area contributed by atoms with Gasteiger partial charge >= 0.3 is 0 Å². The zero-order valence-corrected chi connectivity index (χ0v) is 20.4. The van der Waals surface area contributed by atoms with Gasteiger partial charge in [0, 0.05) is 22.7 Å². The summed E-state index contributed by atoms with van der Waals surface area (Å²) in [5.41, 5.74) is -1.04. The molecule has 6 rings (SSSR count). The summed E-state index contributed by atoms with van der Waals surface area (Å²) in [5, 5.41) is 21.7. The third-order valence-electron chi connectivity index (χ3n) is 10.8. The molecule has 0 aromatic rings. The lowest BCUT2D eigenvalue weighted by atomic mass is 9.46. The number of aliphatic hydroxyl groups excluding tert-OH is 2. The molecule has 1 aliphatic heterocycles. The minimum absolute atomic E-state index is 0.0100. The lowest BCUT2D eigenvalue weighted by Gasteiger charge is -2.59. The Hall–Kier alpha value is -1.34. The molecule has 0 radical (unpaired) electrons. The maximum absolute atomic E-state index is 13.5. The number of aliphatic hydroxyl groups is 2. The maximum Gasteiger partial charge on any atom is 0.193 e. The number of ketones is 2. The normalized spacial score (nSPS) is 50.2. The van der Waals surface area contributed by atoms with Gasteiger partial charge in [0.15, 0.2) is 23.5 Å².